The predicted molar refractivity (Wildman–Crippen MR) is 83.4 cm³/mol. The highest BCUT2D eigenvalue weighted by Gasteiger charge is 2.22. The molecule has 20 heavy (non-hydrogen) atoms. The first kappa shape index (κ1) is 17.1. The third kappa shape index (κ3) is 4.58. The highest BCUT2D eigenvalue weighted by atomic mass is 32.2. The Morgan fingerprint density at radius 3 is 2.10 bits per heavy atom. The number of nitrogens with one attached hydrogen (secondary N) is 1. The first-order valence-corrected chi connectivity index (χ1v) is 8.49. The van der Waals surface area contributed by atoms with Crippen molar-refractivity contribution < 1.29 is 8.42 Å². The molecule has 4 nitrogen and oxygen atoms in total. The average Bonchev–Trinajstić information content (AvgIpc) is 2.37. The normalized spacial score (nSPS) is 12.6. The molecule has 1 aromatic carbocycles. The Morgan fingerprint density at radius 2 is 1.65 bits per heavy atom. The minimum Gasteiger partial charge on any atom is -0.314 e. The number of rotatable bonds is 7. The van der Waals surface area contributed by atoms with Gasteiger partial charge in [-0.25, -0.2) is 8.42 Å². The second-order valence-corrected chi connectivity index (χ2v) is 7.62. The molecular formula is C15H26N2O2S. The first-order valence-electron chi connectivity index (χ1n) is 7.05. The van der Waals surface area contributed by atoms with Crippen LogP contribution in [-0.4, -0.2) is 38.4 Å². The van der Waals surface area contributed by atoms with E-state index in [9.17, 15) is 8.42 Å². The first-order chi connectivity index (χ1) is 9.25. The lowest BCUT2D eigenvalue weighted by Gasteiger charge is -2.21. The van der Waals surface area contributed by atoms with Crippen molar-refractivity contribution >= 4 is 10.0 Å². The van der Waals surface area contributed by atoms with Gasteiger partial charge in [-0.2, -0.15) is 4.31 Å². The molecule has 0 aromatic heterocycles. The molecule has 1 aromatic rings. The molecule has 0 aliphatic heterocycles. The Hall–Kier alpha value is -0.910. The van der Waals surface area contributed by atoms with Gasteiger partial charge in [-0.3, -0.25) is 0 Å². The van der Waals surface area contributed by atoms with Gasteiger partial charge < -0.3 is 5.32 Å². The molecule has 0 bridgehead atoms. The molecule has 0 saturated heterocycles. The maximum absolute atomic E-state index is 12.3. The summed E-state index contributed by atoms with van der Waals surface area (Å²) < 4.78 is 26.0. The number of benzene rings is 1. The Morgan fingerprint density at radius 1 is 1.10 bits per heavy atom. The standard InChI is InChI=1S/C15H26N2O2S/c1-12(2)16-11-10-14-6-8-15(9-7-14)20(18,19)17(5)13(3)4/h6-9,12-13,16H,10-11H2,1-5H3. The lowest BCUT2D eigenvalue weighted by molar-refractivity contribution is 0.410. The minimum absolute atomic E-state index is 0.0464. The van der Waals surface area contributed by atoms with Crippen LogP contribution in [-0.2, 0) is 16.4 Å². The van der Waals surface area contributed by atoms with Gasteiger partial charge in [-0.15, -0.1) is 0 Å². The van der Waals surface area contributed by atoms with Crippen LogP contribution in [0.4, 0.5) is 0 Å². The summed E-state index contributed by atoms with van der Waals surface area (Å²) in [7, 11) is -1.76. The van der Waals surface area contributed by atoms with E-state index in [0.29, 0.717) is 10.9 Å². The van der Waals surface area contributed by atoms with E-state index in [0.717, 1.165) is 18.5 Å². The highest BCUT2D eigenvalue weighted by Crippen LogP contribution is 2.17. The van der Waals surface area contributed by atoms with Crippen LogP contribution < -0.4 is 5.32 Å². The van der Waals surface area contributed by atoms with Gasteiger partial charge in [0.15, 0.2) is 0 Å². The van der Waals surface area contributed by atoms with E-state index in [1.54, 1.807) is 19.2 Å². The van der Waals surface area contributed by atoms with Crippen LogP contribution in [0.25, 0.3) is 0 Å². The van der Waals surface area contributed by atoms with Crippen LogP contribution in [0.3, 0.4) is 0 Å². The van der Waals surface area contributed by atoms with Gasteiger partial charge in [0.25, 0.3) is 0 Å². The monoisotopic (exact) mass is 298 g/mol. The van der Waals surface area contributed by atoms with Gasteiger partial charge in [0.05, 0.1) is 4.90 Å². The zero-order valence-electron chi connectivity index (χ0n) is 13.1. The summed E-state index contributed by atoms with van der Waals surface area (Å²) in [5.74, 6) is 0. The average molecular weight is 298 g/mol. The van der Waals surface area contributed by atoms with Crippen LogP contribution in [0.1, 0.15) is 33.3 Å². The van der Waals surface area contributed by atoms with Crippen molar-refractivity contribution in [3.63, 3.8) is 0 Å². The molecule has 0 aliphatic carbocycles. The van der Waals surface area contributed by atoms with Crippen LogP contribution in [0.15, 0.2) is 29.2 Å². The maximum atomic E-state index is 12.3. The van der Waals surface area contributed by atoms with E-state index in [1.807, 2.05) is 26.0 Å². The molecule has 0 heterocycles. The maximum Gasteiger partial charge on any atom is 0.243 e. The molecule has 1 rings (SSSR count). The third-order valence-electron chi connectivity index (χ3n) is 3.29. The minimum atomic E-state index is -3.37. The SMILES string of the molecule is CC(C)NCCc1ccc(S(=O)(=O)N(C)C(C)C)cc1. The molecule has 0 fully saturated rings. The number of sulfonamides is 1. The van der Waals surface area contributed by atoms with Crippen LogP contribution in [0, 0.1) is 0 Å². The highest BCUT2D eigenvalue weighted by molar-refractivity contribution is 7.89. The summed E-state index contributed by atoms with van der Waals surface area (Å²) in [6.07, 6.45) is 0.901. The molecular weight excluding hydrogens is 272 g/mol. The van der Waals surface area contributed by atoms with E-state index < -0.39 is 10.0 Å². The summed E-state index contributed by atoms with van der Waals surface area (Å²) in [5, 5.41) is 3.35. The predicted octanol–water partition coefficient (Wildman–Crippen LogP) is 2.26. The Kier molecular flexibility index (Phi) is 6.17. The molecule has 1 N–H and O–H groups in total. The molecule has 5 heteroatoms. The topological polar surface area (TPSA) is 49.4 Å². The van der Waals surface area contributed by atoms with Gasteiger partial charge in [0.1, 0.15) is 0 Å². The van der Waals surface area contributed by atoms with Gasteiger partial charge in [0.2, 0.25) is 10.0 Å². The molecule has 0 unspecified atom stereocenters. The fourth-order valence-corrected chi connectivity index (χ4v) is 3.14. The van der Waals surface area contributed by atoms with E-state index in [2.05, 4.69) is 19.2 Å². The van der Waals surface area contributed by atoms with E-state index in [-0.39, 0.29) is 6.04 Å². The third-order valence-corrected chi connectivity index (χ3v) is 5.34. The second kappa shape index (κ2) is 7.20. The molecule has 0 saturated carbocycles. The molecule has 114 valence electrons. The fraction of sp³-hybridized carbons (Fsp3) is 0.600. The fourth-order valence-electron chi connectivity index (χ4n) is 1.78. The summed E-state index contributed by atoms with van der Waals surface area (Å²) >= 11 is 0. The Bertz CT molecular complexity index is 507. The lowest BCUT2D eigenvalue weighted by atomic mass is 10.1. The van der Waals surface area contributed by atoms with E-state index in [1.165, 1.54) is 4.31 Å². The smallest absolute Gasteiger partial charge is 0.243 e. The molecule has 0 radical (unpaired) electrons. The van der Waals surface area contributed by atoms with Crippen molar-refractivity contribution in [3.05, 3.63) is 29.8 Å². The van der Waals surface area contributed by atoms with E-state index >= 15 is 0 Å². The molecule has 0 spiro atoms. The zero-order chi connectivity index (χ0) is 15.3. The molecule has 0 aliphatic rings. The Labute approximate surface area is 123 Å². The largest absolute Gasteiger partial charge is 0.314 e. The second-order valence-electron chi connectivity index (χ2n) is 5.62. The van der Waals surface area contributed by atoms with Gasteiger partial charge in [0, 0.05) is 19.1 Å². The summed E-state index contributed by atoms with van der Waals surface area (Å²) in [6, 6.07) is 7.59. The number of hydrogen-bond acceptors (Lipinski definition) is 3. The van der Waals surface area contributed by atoms with Crippen molar-refractivity contribution in [2.75, 3.05) is 13.6 Å². The Balaban J connectivity index is 2.76. The van der Waals surface area contributed by atoms with Crippen molar-refractivity contribution in [3.8, 4) is 0 Å². The molecule has 0 amide bonds. The number of hydrogen-bond donors (Lipinski definition) is 1. The van der Waals surface area contributed by atoms with Crippen molar-refractivity contribution in [2.24, 2.45) is 0 Å². The quantitative estimate of drug-likeness (QED) is 0.840. The van der Waals surface area contributed by atoms with Crippen LogP contribution in [0.2, 0.25) is 0 Å². The van der Waals surface area contributed by atoms with Crippen LogP contribution >= 0.6 is 0 Å². The van der Waals surface area contributed by atoms with Crippen molar-refractivity contribution in [1.82, 2.24) is 9.62 Å². The summed E-state index contributed by atoms with van der Waals surface area (Å²) in [4.78, 5) is 0.356. The van der Waals surface area contributed by atoms with Gasteiger partial charge >= 0.3 is 0 Å². The van der Waals surface area contributed by atoms with E-state index in [4.69, 9.17) is 0 Å². The zero-order valence-corrected chi connectivity index (χ0v) is 13.9. The van der Waals surface area contributed by atoms with Gasteiger partial charge in [-0.05, 0) is 44.5 Å². The molecule has 0 atom stereocenters. The summed E-state index contributed by atoms with van der Waals surface area (Å²) in [5.41, 5.74) is 1.14. The van der Waals surface area contributed by atoms with Crippen molar-refractivity contribution in [2.45, 2.75) is 51.1 Å². The van der Waals surface area contributed by atoms with Crippen molar-refractivity contribution in [1.29, 1.82) is 0 Å². The van der Waals surface area contributed by atoms with Gasteiger partial charge in [-0.1, -0.05) is 26.0 Å². The summed E-state index contributed by atoms with van der Waals surface area (Å²) in [6.45, 7) is 8.84. The number of nitrogens with zero attached hydrogens (tertiary/aromatic N) is 1. The van der Waals surface area contributed by atoms with Crippen LogP contribution in [0.5, 0.6) is 0 Å². The lowest BCUT2D eigenvalue weighted by Crippen LogP contribution is -2.33.